The molecule has 0 fully saturated rings. The van der Waals surface area contributed by atoms with Crippen molar-refractivity contribution in [2.45, 2.75) is 50.5 Å². The second kappa shape index (κ2) is 10.8. The number of pyridine rings is 1. The van der Waals surface area contributed by atoms with E-state index in [1.54, 1.807) is 24.3 Å². The summed E-state index contributed by atoms with van der Waals surface area (Å²) in [5.74, 6) is -1.28. The van der Waals surface area contributed by atoms with Crippen LogP contribution in [-0.2, 0) is 20.5 Å². The Morgan fingerprint density at radius 1 is 1.12 bits per heavy atom. The lowest BCUT2D eigenvalue weighted by Gasteiger charge is -2.32. The summed E-state index contributed by atoms with van der Waals surface area (Å²) in [7, 11) is 0. The van der Waals surface area contributed by atoms with Gasteiger partial charge in [0.1, 0.15) is 34.9 Å². The highest BCUT2D eigenvalue weighted by atomic mass is 19.4. The summed E-state index contributed by atoms with van der Waals surface area (Å²) in [5.41, 5.74) is -0.770. The molecule has 13 heteroatoms. The number of fused-ring (bicyclic) bond motifs is 1. The predicted octanol–water partition coefficient (Wildman–Crippen LogP) is 5.03. The molecule has 2 amide bonds. The predicted molar refractivity (Wildman–Crippen MR) is 146 cm³/mol. The van der Waals surface area contributed by atoms with Gasteiger partial charge in [0.25, 0.3) is 0 Å². The van der Waals surface area contributed by atoms with Crippen molar-refractivity contribution < 1.29 is 41.7 Å². The van der Waals surface area contributed by atoms with Gasteiger partial charge in [-0.15, -0.1) is 0 Å². The third-order valence-corrected chi connectivity index (χ3v) is 6.68. The van der Waals surface area contributed by atoms with Crippen molar-refractivity contribution in [1.82, 2.24) is 10.3 Å². The summed E-state index contributed by atoms with van der Waals surface area (Å²) < 4.78 is 68.2. The normalized spacial score (nSPS) is 17.9. The fourth-order valence-corrected chi connectivity index (χ4v) is 4.31. The van der Waals surface area contributed by atoms with Crippen LogP contribution in [0.4, 0.5) is 33.7 Å². The number of hydrogen-bond donors (Lipinski definition) is 4. The van der Waals surface area contributed by atoms with E-state index in [0.29, 0.717) is 0 Å². The number of ether oxygens (including phenoxy) is 2. The van der Waals surface area contributed by atoms with Gasteiger partial charge in [0.2, 0.25) is 11.5 Å². The zero-order valence-electron chi connectivity index (χ0n) is 23.2. The van der Waals surface area contributed by atoms with Crippen molar-refractivity contribution >= 4 is 23.4 Å². The maximum absolute atomic E-state index is 14.5. The Morgan fingerprint density at radius 3 is 2.36 bits per heavy atom. The summed E-state index contributed by atoms with van der Waals surface area (Å²) in [6.45, 7) is 4.37. The van der Waals surface area contributed by atoms with Crippen LogP contribution in [-0.4, -0.2) is 47.0 Å². The van der Waals surface area contributed by atoms with Crippen molar-refractivity contribution in [3.8, 4) is 17.0 Å². The number of anilines is 2. The summed E-state index contributed by atoms with van der Waals surface area (Å²) in [4.78, 5) is 29.9. The molecule has 0 aliphatic carbocycles. The number of alkyl carbamates (subject to hydrolysis) is 1. The highest BCUT2D eigenvalue weighted by Gasteiger charge is 2.58. The second-order valence-corrected chi connectivity index (χ2v) is 11.1. The first-order valence-electron chi connectivity index (χ1n) is 12.8. The lowest BCUT2D eigenvalue weighted by Crippen LogP contribution is -2.52. The number of nitrogen functional groups attached to an aromatic ring is 1. The van der Waals surface area contributed by atoms with Crippen molar-refractivity contribution in [2.75, 3.05) is 24.2 Å². The average Bonchev–Trinajstić information content (AvgIpc) is 3.24. The van der Waals surface area contributed by atoms with Crippen LogP contribution in [0.5, 0.6) is 5.75 Å². The number of alkyl halides is 3. The molecule has 42 heavy (non-hydrogen) atoms. The SMILES string of the molecule is CC(C)(C)OC(=O)NCC(O)(c1cc2c(c(-c3ccc(F)cc3)n1)OC[C@]2(C)C(=O)Nc1ccccc1N)C(F)(F)F. The largest absolute Gasteiger partial charge is 0.489 e. The number of carbonyl (C=O) groups excluding carboxylic acids is 2. The number of benzene rings is 2. The number of hydrogen-bond acceptors (Lipinski definition) is 7. The number of halogens is 4. The number of aliphatic hydroxyl groups is 1. The monoisotopic (exact) mass is 590 g/mol. The molecule has 0 spiro atoms. The molecule has 0 saturated carbocycles. The van der Waals surface area contributed by atoms with Crippen LogP contribution >= 0.6 is 0 Å². The number of para-hydroxylation sites is 2. The van der Waals surface area contributed by atoms with E-state index in [-0.39, 0.29) is 40.6 Å². The van der Waals surface area contributed by atoms with E-state index in [9.17, 15) is 32.3 Å². The van der Waals surface area contributed by atoms with E-state index < -0.39 is 52.8 Å². The molecule has 0 saturated heterocycles. The molecule has 1 unspecified atom stereocenters. The first kappa shape index (κ1) is 30.6. The number of nitrogens with one attached hydrogen (secondary N) is 2. The Hall–Kier alpha value is -4.39. The van der Waals surface area contributed by atoms with Gasteiger partial charge in [0.15, 0.2) is 0 Å². The molecule has 0 radical (unpaired) electrons. The van der Waals surface area contributed by atoms with Crippen molar-refractivity contribution in [1.29, 1.82) is 0 Å². The smallest absolute Gasteiger partial charge is 0.424 e. The van der Waals surface area contributed by atoms with Gasteiger partial charge < -0.3 is 30.9 Å². The molecule has 1 aliphatic rings. The molecule has 9 nitrogen and oxygen atoms in total. The van der Waals surface area contributed by atoms with Gasteiger partial charge in [-0.2, -0.15) is 13.2 Å². The topological polar surface area (TPSA) is 136 Å². The summed E-state index contributed by atoms with van der Waals surface area (Å²) in [5, 5.41) is 15.8. The van der Waals surface area contributed by atoms with Crippen LogP contribution in [0.3, 0.4) is 0 Å². The van der Waals surface area contributed by atoms with Crippen molar-refractivity contribution in [3.63, 3.8) is 0 Å². The molecule has 4 rings (SSSR count). The van der Waals surface area contributed by atoms with Gasteiger partial charge in [0.05, 0.1) is 23.6 Å². The molecule has 2 heterocycles. The molecular weight excluding hydrogens is 560 g/mol. The number of amides is 2. The molecule has 5 N–H and O–H groups in total. The fraction of sp³-hybridized carbons (Fsp3) is 0.345. The number of aromatic nitrogens is 1. The Morgan fingerprint density at radius 2 is 1.76 bits per heavy atom. The minimum absolute atomic E-state index is 0.0150. The maximum atomic E-state index is 14.5. The lowest BCUT2D eigenvalue weighted by atomic mass is 9.81. The van der Waals surface area contributed by atoms with Gasteiger partial charge in [-0.25, -0.2) is 14.2 Å². The van der Waals surface area contributed by atoms with Gasteiger partial charge >= 0.3 is 12.3 Å². The Kier molecular flexibility index (Phi) is 7.85. The molecule has 2 atom stereocenters. The van der Waals surface area contributed by atoms with E-state index in [2.05, 4.69) is 10.3 Å². The highest BCUT2D eigenvalue weighted by molar-refractivity contribution is 6.02. The second-order valence-electron chi connectivity index (χ2n) is 11.1. The zero-order chi connectivity index (χ0) is 31.1. The third-order valence-electron chi connectivity index (χ3n) is 6.68. The molecule has 224 valence electrons. The Labute approximate surface area is 239 Å². The van der Waals surface area contributed by atoms with Gasteiger partial charge in [-0.3, -0.25) is 4.79 Å². The number of carbonyl (C=O) groups is 2. The Bertz CT molecular complexity index is 1510. The zero-order valence-corrected chi connectivity index (χ0v) is 23.2. The molecule has 1 aliphatic heterocycles. The third kappa shape index (κ3) is 5.96. The van der Waals surface area contributed by atoms with Gasteiger partial charge in [-0.1, -0.05) is 12.1 Å². The number of nitrogens with zero attached hydrogens (tertiary/aromatic N) is 1. The van der Waals surface area contributed by atoms with Crippen LogP contribution in [0.25, 0.3) is 11.3 Å². The highest BCUT2D eigenvalue weighted by Crippen LogP contribution is 2.48. The molecule has 3 aromatic rings. The summed E-state index contributed by atoms with van der Waals surface area (Å²) in [6.07, 6.45) is -6.54. The van der Waals surface area contributed by atoms with Crippen LogP contribution < -0.4 is 21.1 Å². The molecule has 1 aromatic heterocycles. The van der Waals surface area contributed by atoms with Crippen molar-refractivity contribution in [2.24, 2.45) is 0 Å². The van der Waals surface area contributed by atoms with Gasteiger partial charge in [-0.05, 0) is 70.2 Å². The van der Waals surface area contributed by atoms with Crippen LogP contribution in [0, 0.1) is 5.82 Å². The van der Waals surface area contributed by atoms with Crippen LogP contribution in [0.2, 0.25) is 0 Å². The van der Waals surface area contributed by atoms with E-state index >= 15 is 0 Å². The van der Waals surface area contributed by atoms with E-state index in [0.717, 1.165) is 18.2 Å². The van der Waals surface area contributed by atoms with E-state index in [1.807, 2.05) is 5.32 Å². The molecule has 2 aromatic carbocycles. The first-order chi connectivity index (χ1) is 19.4. The number of nitrogens with two attached hydrogens (primary N) is 1. The van der Waals surface area contributed by atoms with Crippen LogP contribution in [0.1, 0.15) is 39.0 Å². The molecule has 0 bridgehead atoms. The number of rotatable bonds is 6. The maximum Gasteiger partial charge on any atom is 0.424 e. The van der Waals surface area contributed by atoms with Crippen LogP contribution in [0.15, 0.2) is 54.6 Å². The minimum Gasteiger partial charge on any atom is -0.489 e. The Balaban J connectivity index is 1.85. The summed E-state index contributed by atoms with van der Waals surface area (Å²) >= 11 is 0. The lowest BCUT2D eigenvalue weighted by molar-refractivity contribution is -0.265. The van der Waals surface area contributed by atoms with E-state index in [4.69, 9.17) is 15.2 Å². The summed E-state index contributed by atoms with van der Waals surface area (Å²) in [6, 6.07) is 12.1. The van der Waals surface area contributed by atoms with Crippen molar-refractivity contribution in [3.05, 3.63) is 71.7 Å². The van der Waals surface area contributed by atoms with Gasteiger partial charge in [0, 0.05) is 11.1 Å². The minimum atomic E-state index is -5.35. The molecular formula is C29H30F4N4O5. The quantitative estimate of drug-likeness (QED) is 0.234. The average molecular weight is 591 g/mol. The fourth-order valence-electron chi connectivity index (χ4n) is 4.31. The standard InChI is InChI=1S/C29H30F4N4O5/c1-26(2,3)42-25(39)35-14-28(40,29(31,32)33)21-13-18-23(22(37-21)16-9-11-17(30)12-10-16)41-15-27(18,4)24(38)36-20-8-6-5-7-19(20)34/h5-13,40H,14-15,34H2,1-4H3,(H,35,39)(H,36,38)/t27-,28?/m0/s1. The van der Waals surface area contributed by atoms with E-state index in [1.165, 1.54) is 39.8 Å². The first-order valence-corrected chi connectivity index (χ1v) is 12.8.